The van der Waals surface area contributed by atoms with Gasteiger partial charge in [-0.25, -0.2) is 0 Å². The van der Waals surface area contributed by atoms with Gasteiger partial charge >= 0.3 is 0 Å². The number of nitrogens with two attached hydrogens (primary N) is 1. The van der Waals surface area contributed by atoms with E-state index in [1.807, 2.05) is 0 Å². The highest BCUT2D eigenvalue weighted by atomic mass is 16.5. The molecule has 2 saturated carbocycles. The fraction of sp³-hybridized carbons (Fsp3) is 0.923. The molecule has 5 atom stereocenters. The highest BCUT2D eigenvalue weighted by Crippen LogP contribution is 2.47. The topological polar surface area (TPSA) is 84.6 Å². The first-order valence-corrected chi connectivity index (χ1v) is 6.92. The van der Waals surface area contributed by atoms with Crippen LogP contribution in [0.5, 0.6) is 0 Å². The summed E-state index contributed by atoms with van der Waals surface area (Å²) in [5.74, 6) is 0.966. The summed E-state index contributed by atoms with van der Waals surface area (Å²) in [4.78, 5) is 12.2. The number of rotatable bonds is 3. The Bertz CT molecular complexity index is 339. The Kier molecular flexibility index (Phi) is 3.08. The Morgan fingerprint density at radius 3 is 2.83 bits per heavy atom. The summed E-state index contributed by atoms with van der Waals surface area (Å²) >= 11 is 0. The Balaban J connectivity index is 1.55. The average Bonchev–Trinajstić information content (AvgIpc) is 3.02. The lowest BCUT2D eigenvalue weighted by Crippen LogP contribution is -2.50. The normalized spacial score (nSPS) is 46.6. The van der Waals surface area contributed by atoms with Gasteiger partial charge in [-0.3, -0.25) is 4.79 Å². The number of carbonyl (C=O) groups is 1. The van der Waals surface area contributed by atoms with Crippen LogP contribution in [0.3, 0.4) is 0 Å². The molecule has 1 heterocycles. The predicted molar refractivity (Wildman–Crippen MR) is 65.7 cm³/mol. The molecule has 1 aliphatic heterocycles. The number of hydrogen-bond donors (Lipinski definition) is 3. The van der Waals surface area contributed by atoms with Crippen molar-refractivity contribution >= 4 is 5.91 Å². The quantitative estimate of drug-likeness (QED) is 0.641. The minimum atomic E-state index is -0.878. The van der Waals surface area contributed by atoms with Gasteiger partial charge in [0.15, 0.2) is 0 Å². The first kappa shape index (κ1) is 12.4. The molecule has 5 unspecified atom stereocenters. The highest BCUT2D eigenvalue weighted by molar-refractivity contribution is 5.80. The maximum atomic E-state index is 12.2. The van der Waals surface area contributed by atoms with Gasteiger partial charge in [-0.15, -0.1) is 0 Å². The van der Waals surface area contributed by atoms with E-state index in [2.05, 4.69) is 5.32 Å². The van der Waals surface area contributed by atoms with Crippen molar-refractivity contribution in [1.82, 2.24) is 5.32 Å². The molecule has 102 valence electrons. The van der Waals surface area contributed by atoms with Crippen LogP contribution in [0.4, 0.5) is 0 Å². The molecule has 0 aromatic heterocycles. The molecule has 0 spiro atoms. The van der Waals surface area contributed by atoms with Gasteiger partial charge in [-0.2, -0.15) is 0 Å². The van der Waals surface area contributed by atoms with Gasteiger partial charge in [-0.05, 0) is 31.1 Å². The lowest BCUT2D eigenvalue weighted by molar-refractivity contribution is -0.128. The van der Waals surface area contributed by atoms with Crippen LogP contribution >= 0.6 is 0 Å². The van der Waals surface area contributed by atoms with Gasteiger partial charge in [0.1, 0.15) is 5.60 Å². The van der Waals surface area contributed by atoms with E-state index >= 15 is 0 Å². The third-order valence-electron chi connectivity index (χ3n) is 4.96. The second kappa shape index (κ2) is 4.47. The first-order chi connectivity index (χ1) is 8.59. The van der Waals surface area contributed by atoms with Crippen LogP contribution in [0.1, 0.15) is 25.7 Å². The maximum absolute atomic E-state index is 12.2. The molecule has 1 saturated heterocycles. The van der Waals surface area contributed by atoms with E-state index in [1.165, 1.54) is 6.42 Å². The molecule has 4 N–H and O–H groups in total. The molecule has 18 heavy (non-hydrogen) atoms. The molecule has 0 aromatic rings. The number of fused-ring (bicyclic) bond motifs is 2. The first-order valence-electron chi connectivity index (χ1n) is 6.92. The Morgan fingerprint density at radius 1 is 1.44 bits per heavy atom. The van der Waals surface area contributed by atoms with Gasteiger partial charge in [0, 0.05) is 25.6 Å². The molecule has 5 heteroatoms. The van der Waals surface area contributed by atoms with Crippen molar-refractivity contribution in [3.63, 3.8) is 0 Å². The van der Waals surface area contributed by atoms with E-state index in [0.29, 0.717) is 31.5 Å². The number of aliphatic hydroxyl groups is 1. The molecule has 3 fully saturated rings. The van der Waals surface area contributed by atoms with Crippen LogP contribution in [-0.2, 0) is 9.53 Å². The standard InChI is InChI=1S/C13H22N2O3/c14-11-9-2-1-8(5-9)10(11)12(16)15-6-13(17)3-4-18-7-13/h8-11,17H,1-7,14H2,(H,15,16). The third kappa shape index (κ3) is 2.04. The Hall–Kier alpha value is -0.650. The molecular weight excluding hydrogens is 232 g/mol. The smallest absolute Gasteiger partial charge is 0.225 e. The summed E-state index contributed by atoms with van der Waals surface area (Å²) in [6, 6.07) is 0.0122. The summed E-state index contributed by atoms with van der Waals surface area (Å²) < 4.78 is 5.16. The lowest BCUT2D eigenvalue weighted by Gasteiger charge is -2.28. The van der Waals surface area contributed by atoms with Crippen molar-refractivity contribution < 1.29 is 14.6 Å². The van der Waals surface area contributed by atoms with E-state index in [0.717, 1.165) is 12.8 Å². The van der Waals surface area contributed by atoms with Crippen LogP contribution in [-0.4, -0.2) is 42.4 Å². The molecule has 0 aromatic carbocycles. The van der Waals surface area contributed by atoms with Crippen molar-refractivity contribution in [2.75, 3.05) is 19.8 Å². The Morgan fingerprint density at radius 2 is 2.22 bits per heavy atom. The summed E-state index contributed by atoms with van der Waals surface area (Å²) in [5, 5.41) is 13.0. The Labute approximate surface area is 107 Å². The van der Waals surface area contributed by atoms with Gasteiger partial charge in [0.2, 0.25) is 5.91 Å². The van der Waals surface area contributed by atoms with Gasteiger partial charge in [0.05, 0.1) is 12.5 Å². The van der Waals surface area contributed by atoms with Gasteiger partial charge < -0.3 is 20.9 Å². The number of amides is 1. The molecule has 1 amide bonds. The zero-order valence-electron chi connectivity index (χ0n) is 10.6. The van der Waals surface area contributed by atoms with Gasteiger partial charge in [-0.1, -0.05) is 0 Å². The van der Waals surface area contributed by atoms with E-state index in [-0.39, 0.29) is 24.4 Å². The fourth-order valence-corrected chi connectivity index (χ4v) is 3.83. The van der Waals surface area contributed by atoms with E-state index in [9.17, 15) is 9.90 Å². The molecule has 2 bridgehead atoms. The molecule has 3 rings (SSSR count). The summed E-state index contributed by atoms with van der Waals surface area (Å²) in [6.07, 6.45) is 4.00. The maximum Gasteiger partial charge on any atom is 0.225 e. The van der Waals surface area contributed by atoms with Crippen LogP contribution in [0.25, 0.3) is 0 Å². The predicted octanol–water partition coefficient (Wildman–Crippen LogP) is -0.373. The second-order valence-corrected chi connectivity index (χ2v) is 6.18. The van der Waals surface area contributed by atoms with Crippen LogP contribution in [0.15, 0.2) is 0 Å². The minimum absolute atomic E-state index is 0.0122. The lowest BCUT2D eigenvalue weighted by atomic mass is 9.84. The SMILES string of the molecule is NC1C2CCC(C2)C1C(=O)NCC1(O)CCOC1. The number of hydrogen-bond acceptors (Lipinski definition) is 4. The van der Waals surface area contributed by atoms with Crippen molar-refractivity contribution in [2.24, 2.45) is 23.5 Å². The third-order valence-corrected chi connectivity index (χ3v) is 4.96. The molecule has 3 aliphatic rings. The minimum Gasteiger partial charge on any atom is -0.386 e. The molecular formula is C13H22N2O3. The van der Waals surface area contributed by atoms with Crippen LogP contribution in [0, 0.1) is 17.8 Å². The number of ether oxygens (including phenoxy) is 1. The summed E-state index contributed by atoms with van der Waals surface area (Å²) in [7, 11) is 0. The molecule has 5 nitrogen and oxygen atoms in total. The van der Waals surface area contributed by atoms with E-state index in [1.54, 1.807) is 0 Å². The fourth-order valence-electron chi connectivity index (χ4n) is 3.83. The summed E-state index contributed by atoms with van der Waals surface area (Å²) in [6.45, 7) is 1.17. The van der Waals surface area contributed by atoms with Crippen molar-refractivity contribution in [3.05, 3.63) is 0 Å². The zero-order valence-corrected chi connectivity index (χ0v) is 10.6. The highest BCUT2D eigenvalue weighted by Gasteiger charge is 2.49. The average molecular weight is 254 g/mol. The summed E-state index contributed by atoms with van der Waals surface area (Å²) in [5.41, 5.74) is 5.26. The van der Waals surface area contributed by atoms with Crippen LogP contribution < -0.4 is 11.1 Å². The largest absolute Gasteiger partial charge is 0.386 e. The number of nitrogens with one attached hydrogen (secondary N) is 1. The van der Waals surface area contributed by atoms with E-state index in [4.69, 9.17) is 10.5 Å². The van der Waals surface area contributed by atoms with Crippen molar-refractivity contribution in [1.29, 1.82) is 0 Å². The zero-order chi connectivity index (χ0) is 12.8. The second-order valence-electron chi connectivity index (χ2n) is 6.18. The molecule has 2 aliphatic carbocycles. The van der Waals surface area contributed by atoms with E-state index < -0.39 is 5.60 Å². The molecule has 0 radical (unpaired) electrons. The van der Waals surface area contributed by atoms with Crippen LogP contribution in [0.2, 0.25) is 0 Å². The number of carbonyl (C=O) groups excluding carboxylic acids is 1. The van der Waals surface area contributed by atoms with Crippen molar-refractivity contribution in [2.45, 2.75) is 37.3 Å². The van der Waals surface area contributed by atoms with Crippen molar-refractivity contribution in [3.8, 4) is 0 Å². The monoisotopic (exact) mass is 254 g/mol. The van der Waals surface area contributed by atoms with Gasteiger partial charge in [0.25, 0.3) is 0 Å².